The minimum atomic E-state index is -1.31. The van der Waals surface area contributed by atoms with Gasteiger partial charge in [-0.25, -0.2) is 9.59 Å². The number of amides is 3. The van der Waals surface area contributed by atoms with Crippen molar-refractivity contribution in [3.8, 4) is 11.1 Å². The van der Waals surface area contributed by atoms with E-state index in [1.54, 1.807) is 0 Å². The number of likely N-dealkylation sites (tertiary alicyclic amines) is 2. The van der Waals surface area contributed by atoms with E-state index < -0.39 is 11.7 Å². The van der Waals surface area contributed by atoms with Crippen LogP contribution in [0.25, 0.3) is 11.1 Å². The molecule has 0 unspecified atom stereocenters. The van der Waals surface area contributed by atoms with E-state index in [0.717, 1.165) is 75.0 Å². The van der Waals surface area contributed by atoms with E-state index in [1.807, 2.05) is 46.2 Å². The number of hydrogen-bond acceptors (Lipinski definition) is 4. The molecule has 2 heterocycles. The van der Waals surface area contributed by atoms with Gasteiger partial charge in [0.15, 0.2) is 0 Å². The molecule has 0 spiro atoms. The predicted molar refractivity (Wildman–Crippen MR) is 172 cm³/mol. The molecule has 3 amide bonds. The number of nitrogens with zero attached hydrogens (tertiary/aromatic N) is 2. The van der Waals surface area contributed by atoms with E-state index >= 15 is 0 Å². The van der Waals surface area contributed by atoms with Crippen LogP contribution in [0.5, 0.6) is 0 Å². The predicted octanol–water partition coefficient (Wildman–Crippen LogP) is 6.12. The number of aliphatic hydroxyl groups is 1. The first-order chi connectivity index (χ1) is 20.8. The number of urea groups is 1. The Kier molecular flexibility index (Phi) is 11.9. The summed E-state index contributed by atoms with van der Waals surface area (Å²) < 4.78 is 0. The van der Waals surface area contributed by atoms with Crippen molar-refractivity contribution in [2.45, 2.75) is 57.5 Å². The van der Waals surface area contributed by atoms with Gasteiger partial charge >= 0.3 is 12.1 Å². The van der Waals surface area contributed by atoms with Gasteiger partial charge in [0.05, 0.1) is 5.60 Å². The van der Waals surface area contributed by atoms with Crippen LogP contribution in [0.3, 0.4) is 0 Å². The summed E-state index contributed by atoms with van der Waals surface area (Å²) in [6.45, 7) is 10.4. The number of carboxylic acid groups (broad SMARTS) is 1. The first kappa shape index (κ1) is 32.8. The summed E-state index contributed by atoms with van der Waals surface area (Å²) in [6, 6.07) is 13.9. The van der Waals surface area contributed by atoms with Gasteiger partial charge in [0, 0.05) is 55.8 Å². The maximum atomic E-state index is 13.7. The number of carbonyl (C=O) groups is 2. The molecule has 2 atom stereocenters. The van der Waals surface area contributed by atoms with E-state index in [9.17, 15) is 14.7 Å². The Labute approximate surface area is 261 Å². The topological polar surface area (TPSA) is 105 Å². The van der Waals surface area contributed by atoms with Crippen LogP contribution in [-0.4, -0.2) is 78.0 Å². The number of nitrogens with one attached hydrogen (secondary N) is 2. The van der Waals surface area contributed by atoms with Crippen LogP contribution >= 0.6 is 11.6 Å². The van der Waals surface area contributed by atoms with Gasteiger partial charge in [-0.15, -0.1) is 6.58 Å². The Bertz CT molecular complexity index is 1250. The summed E-state index contributed by atoms with van der Waals surface area (Å²) in [5.41, 5.74) is 2.33. The minimum absolute atomic E-state index is 0.0408. The maximum Gasteiger partial charge on any atom is 0.404 e. The highest BCUT2D eigenvalue weighted by Crippen LogP contribution is 2.45. The highest BCUT2D eigenvalue weighted by atomic mass is 35.5. The largest absolute Gasteiger partial charge is 0.465 e. The smallest absolute Gasteiger partial charge is 0.404 e. The van der Waals surface area contributed by atoms with Crippen LogP contribution < -0.4 is 10.6 Å². The van der Waals surface area contributed by atoms with Crippen LogP contribution in [0.4, 0.5) is 9.59 Å². The molecule has 4 N–H and O–H groups in total. The first-order valence-corrected chi connectivity index (χ1v) is 16.1. The summed E-state index contributed by atoms with van der Waals surface area (Å²) in [7, 11) is 0. The fraction of sp³-hybridized carbons (Fsp3) is 0.529. The van der Waals surface area contributed by atoms with Gasteiger partial charge in [-0.1, -0.05) is 61.0 Å². The molecule has 2 aromatic carbocycles. The van der Waals surface area contributed by atoms with Crippen molar-refractivity contribution in [2.75, 3.05) is 45.8 Å². The molecule has 43 heavy (non-hydrogen) atoms. The molecule has 234 valence electrons. The molecular weight excluding hydrogens is 564 g/mol. The zero-order valence-corrected chi connectivity index (χ0v) is 26.1. The molecule has 0 aromatic heterocycles. The Morgan fingerprint density at radius 3 is 2.60 bits per heavy atom. The molecule has 0 radical (unpaired) electrons. The zero-order valence-electron chi connectivity index (χ0n) is 25.4. The minimum Gasteiger partial charge on any atom is -0.465 e. The maximum absolute atomic E-state index is 13.7. The van der Waals surface area contributed by atoms with Gasteiger partial charge in [0.1, 0.15) is 0 Å². The van der Waals surface area contributed by atoms with Gasteiger partial charge in [0.25, 0.3) is 0 Å². The van der Waals surface area contributed by atoms with Gasteiger partial charge < -0.3 is 30.6 Å². The summed E-state index contributed by atoms with van der Waals surface area (Å²) in [5.74, 6) is 0.317. The third kappa shape index (κ3) is 8.31. The molecule has 0 saturated carbocycles. The van der Waals surface area contributed by atoms with Crippen molar-refractivity contribution in [2.24, 2.45) is 11.8 Å². The average molecular weight is 611 g/mol. The summed E-state index contributed by atoms with van der Waals surface area (Å²) in [6.07, 6.45) is 5.92. The van der Waals surface area contributed by atoms with E-state index in [1.165, 1.54) is 5.56 Å². The van der Waals surface area contributed by atoms with Crippen molar-refractivity contribution in [3.63, 3.8) is 0 Å². The number of hydrogen-bond donors (Lipinski definition) is 4. The fourth-order valence-corrected chi connectivity index (χ4v) is 6.98. The number of carbonyl (C=O) groups excluding carboxylic acids is 1. The van der Waals surface area contributed by atoms with Gasteiger partial charge in [-0.3, -0.25) is 0 Å². The number of piperidine rings is 2. The third-order valence-corrected chi connectivity index (χ3v) is 9.40. The lowest BCUT2D eigenvalue weighted by molar-refractivity contribution is -0.0564. The quantitative estimate of drug-likeness (QED) is 0.171. The number of halogens is 1. The standard InChI is InChI=1S/C34H47ClN4O4/c1-3-17-36-23-26-14-20-38(21-15-26)33(42)39-19-7-11-28(24-39)34(43,16-8-18-37-32(40)41)29-12-6-13-30(35)31(29)27-10-5-9-25(4-2)22-27/h3,5-6,9-10,12-13,22,26,28,36-37,43H,1,4,7-8,11,14-21,23-24H2,2H3,(H,40,41)/t28-,34+/m1/s1. The first-order valence-electron chi connectivity index (χ1n) is 15.7. The summed E-state index contributed by atoms with van der Waals surface area (Å²) in [5, 5.41) is 28.2. The van der Waals surface area contributed by atoms with Crippen molar-refractivity contribution in [1.29, 1.82) is 0 Å². The monoisotopic (exact) mass is 610 g/mol. The Morgan fingerprint density at radius 2 is 1.88 bits per heavy atom. The average Bonchev–Trinajstić information content (AvgIpc) is 3.03. The van der Waals surface area contributed by atoms with E-state index in [-0.39, 0.29) is 18.5 Å². The zero-order chi connectivity index (χ0) is 30.8. The second kappa shape index (κ2) is 15.6. The van der Waals surface area contributed by atoms with Gasteiger partial charge in [-0.2, -0.15) is 0 Å². The SMILES string of the molecule is C=CCNCC1CCN(C(=O)N2CCC[C@@H]([C@@](O)(CCCNC(=O)O)c3cccc(Cl)c3-c3cccc(CC)c3)C2)CC1. The van der Waals surface area contributed by atoms with Crippen LogP contribution in [-0.2, 0) is 12.0 Å². The Hall–Kier alpha value is -3.07. The van der Waals surface area contributed by atoms with Crippen LogP contribution in [0.15, 0.2) is 55.1 Å². The Morgan fingerprint density at radius 1 is 1.12 bits per heavy atom. The third-order valence-electron chi connectivity index (χ3n) is 9.09. The Balaban J connectivity index is 1.58. The van der Waals surface area contributed by atoms with Gasteiger partial charge in [0.2, 0.25) is 0 Å². The molecular formula is C34H47ClN4O4. The van der Waals surface area contributed by atoms with E-state index in [0.29, 0.717) is 36.9 Å². The molecule has 2 saturated heterocycles. The molecule has 2 aliphatic heterocycles. The molecule has 2 fully saturated rings. The van der Waals surface area contributed by atoms with E-state index in [2.05, 4.69) is 36.3 Å². The van der Waals surface area contributed by atoms with Crippen molar-refractivity contribution >= 4 is 23.7 Å². The molecule has 0 bridgehead atoms. The number of rotatable bonds is 12. The molecule has 4 rings (SSSR count). The lowest BCUT2D eigenvalue weighted by Gasteiger charge is -2.45. The van der Waals surface area contributed by atoms with Crippen LogP contribution in [0.1, 0.15) is 56.6 Å². The lowest BCUT2D eigenvalue weighted by Crippen LogP contribution is -2.53. The highest BCUT2D eigenvalue weighted by Gasteiger charge is 2.43. The summed E-state index contributed by atoms with van der Waals surface area (Å²) >= 11 is 6.86. The number of aryl methyl sites for hydroxylation is 1. The molecule has 2 aliphatic rings. The van der Waals surface area contributed by atoms with Crippen molar-refractivity contribution in [1.82, 2.24) is 20.4 Å². The van der Waals surface area contributed by atoms with Crippen LogP contribution in [0, 0.1) is 11.8 Å². The molecule has 9 heteroatoms. The van der Waals surface area contributed by atoms with Crippen molar-refractivity contribution in [3.05, 3.63) is 71.3 Å². The van der Waals surface area contributed by atoms with Crippen molar-refractivity contribution < 1.29 is 19.8 Å². The molecule has 2 aromatic rings. The molecule has 0 aliphatic carbocycles. The van der Waals surface area contributed by atoms with E-state index in [4.69, 9.17) is 16.7 Å². The fourth-order valence-electron chi connectivity index (χ4n) is 6.70. The summed E-state index contributed by atoms with van der Waals surface area (Å²) in [4.78, 5) is 28.7. The lowest BCUT2D eigenvalue weighted by atomic mass is 9.72. The second-order valence-electron chi connectivity index (χ2n) is 11.9. The van der Waals surface area contributed by atoms with Gasteiger partial charge in [-0.05, 0) is 80.2 Å². The second-order valence-corrected chi connectivity index (χ2v) is 12.3. The molecule has 8 nitrogen and oxygen atoms in total. The highest BCUT2D eigenvalue weighted by molar-refractivity contribution is 6.33. The van der Waals surface area contributed by atoms with Crippen LogP contribution in [0.2, 0.25) is 5.02 Å². The normalized spacial score (nSPS) is 19.1. The number of benzene rings is 2.